The molecule has 4 amide bonds. The van der Waals surface area contributed by atoms with E-state index in [1.807, 2.05) is 13.0 Å². The molecule has 0 unspecified atom stereocenters. The van der Waals surface area contributed by atoms with Crippen molar-refractivity contribution in [2.45, 2.75) is 26.2 Å². The summed E-state index contributed by atoms with van der Waals surface area (Å²) in [7, 11) is 0. The summed E-state index contributed by atoms with van der Waals surface area (Å²) in [5, 5.41) is 16.5. The first-order valence-corrected chi connectivity index (χ1v) is 14.8. The first-order chi connectivity index (χ1) is 21.1. The summed E-state index contributed by atoms with van der Waals surface area (Å²) in [5.74, 6) is -2.09. The van der Waals surface area contributed by atoms with Crippen LogP contribution in [0, 0.1) is 6.92 Å². The molecule has 3 N–H and O–H groups in total. The molecule has 13 heteroatoms. The summed E-state index contributed by atoms with van der Waals surface area (Å²) in [4.78, 5) is 76.2. The Balaban J connectivity index is 1.15. The fourth-order valence-corrected chi connectivity index (χ4v) is 5.47. The molecule has 0 radical (unpaired) electrons. The highest BCUT2D eigenvalue weighted by Gasteiger charge is 2.32. The minimum Gasteiger partial charge on any atom is -0.508 e. The van der Waals surface area contributed by atoms with Crippen LogP contribution < -0.4 is 16.1 Å². The number of rotatable bonds is 10. The van der Waals surface area contributed by atoms with E-state index in [9.17, 15) is 33.9 Å². The summed E-state index contributed by atoms with van der Waals surface area (Å²) >= 11 is 1.14. The third kappa shape index (κ3) is 6.89. The van der Waals surface area contributed by atoms with Gasteiger partial charge >= 0.3 is 5.97 Å². The van der Waals surface area contributed by atoms with Crippen molar-refractivity contribution in [1.82, 2.24) is 10.4 Å². The molecule has 44 heavy (non-hydrogen) atoms. The number of aromatic hydroxyl groups is 1. The van der Waals surface area contributed by atoms with Gasteiger partial charge in [-0.3, -0.25) is 24.0 Å². The topological polar surface area (TPSA) is 172 Å². The Bertz CT molecular complexity index is 1820. The lowest BCUT2D eigenvalue weighted by Crippen LogP contribution is -2.34. The Kier molecular flexibility index (Phi) is 8.95. The number of aryl methyl sites for hydroxylation is 1. The van der Waals surface area contributed by atoms with Crippen LogP contribution in [0.1, 0.15) is 24.8 Å². The van der Waals surface area contributed by atoms with Gasteiger partial charge in [-0.05, 0) is 54.4 Å². The Hall–Kier alpha value is -5.17. The lowest BCUT2D eigenvalue weighted by Gasteiger charge is -2.17. The zero-order chi connectivity index (χ0) is 31.4. The summed E-state index contributed by atoms with van der Waals surface area (Å²) in [6.07, 6.45) is -0.0796. The number of amides is 4. The van der Waals surface area contributed by atoms with Crippen molar-refractivity contribution in [2.75, 3.05) is 23.4 Å². The van der Waals surface area contributed by atoms with Gasteiger partial charge in [0.15, 0.2) is 5.43 Å². The Labute approximate surface area is 254 Å². The Morgan fingerprint density at radius 2 is 1.70 bits per heavy atom. The molecule has 0 spiro atoms. The van der Waals surface area contributed by atoms with Crippen molar-refractivity contribution in [3.8, 4) is 28.2 Å². The Morgan fingerprint density at radius 1 is 0.955 bits per heavy atom. The number of phenols is 1. The van der Waals surface area contributed by atoms with E-state index in [2.05, 4.69) is 10.6 Å². The second-order valence-electron chi connectivity index (χ2n) is 10.0. The molecule has 12 nitrogen and oxygen atoms in total. The summed E-state index contributed by atoms with van der Waals surface area (Å²) in [5.41, 5.74) is 3.92. The number of carbonyl (C=O) groups excluding carboxylic acids is 5. The number of hydroxylamine groups is 2. The highest BCUT2D eigenvalue weighted by atomic mass is 32.2. The molecular formula is C31H27N3O9S. The number of phenolic OH excluding ortho intramolecular Hbond substituents is 1. The molecule has 3 aliphatic rings. The maximum atomic E-state index is 12.5. The fraction of sp³-hybridized carbons (Fsp3) is 0.226. The molecule has 2 aromatic carbocycles. The number of anilines is 1. The Morgan fingerprint density at radius 3 is 2.45 bits per heavy atom. The van der Waals surface area contributed by atoms with Gasteiger partial charge in [0.2, 0.25) is 11.8 Å². The molecule has 0 bridgehead atoms. The van der Waals surface area contributed by atoms with E-state index in [0.717, 1.165) is 39.4 Å². The number of carbonyl (C=O) groups is 5. The number of nitrogens with zero attached hydrogens (tertiary/aromatic N) is 1. The number of thioether (sulfide) groups is 1. The largest absolute Gasteiger partial charge is 0.508 e. The van der Waals surface area contributed by atoms with Gasteiger partial charge in [-0.25, -0.2) is 4.79 Å². The number of fused-ring (bicyclic) bond motifs is 2. The number of hydrogen-bond acceptors (Lipinski definition) is 10. The average Bonchev–Trinajstić information content (AvgIpc) is 3.29. The van der Waals surface area contributed by atoms with Gasteiger partial charge in [0, 0.05) is 52.9 Å². The van der Waals surface area contributed by atoms with Crippen LogP contribution in [0.2, 0.25) is 0 Å². The van der Waals surface area contributed by atoms with Gasteiger partial charge in [-0.2, -0.15) is 11.8 Å². The molecule has 0 atom stereocenters. The monoisotopic (exact) mass is 617 g/mol. The molecular weight excluding hydrogens is 590 g/mol. The second-order valence-corrected chi connectivity index (χ2v) is 11.1. The van der Waals surface area contributed by atoms with E-state index >= 15 is 0 Å². The van der Waals surface area contributed by atoms with Gasteiger partial charge in [-0.15, -0.1) is 5.06 Å². The third-order valence-corrected chi connectivity index (χ3v) is 7.74. The van der Waals surface area contributed by atoms with Gasteiger partial charge in [0.05, 0.1) is 18.7 Å². The summed E-state index contributed by atoms with van der Waals surface area (Å²) in [6.45, 7) is 1.61. The molecule has 0 saturated carbocycles. The third-order valence-electron chi connectivity index (χ3n) is 6.79. The van der Waals surface area contributed by atoms with Crippen LogP contribution in [-0.4, -0.2) is 57.8 Å². The summed E-state index contributed by atoms with van der Waals surface area (Å²) in [6, 6.07) is 14.7. The lowest BCUT2D eigenvalue weighted by molar-refractivity contribution is -0.197. The number of nitrogens with one attached hydrogen (secondary N) is 2. The number of benzene rings is 3. The van der Waals surface area contributed by atoms with Crippen LogP contribution in [0.4, 0.5) is 5.69 Å². The van der Waals surface area contributed by atoms with Crippen LogP contribution in [0.3, 0.4) is 0 Å². The predicted octanol–water partition coefficient (Wildman–Crippen LogP) is 3.36. The van der Waals surface area contributed by atoms with Gasteiger partial charge in [0.1, 0.15) is 17.1 Å². The van der Waals surface area contributed by atoms with Gasteiger partial charge in [0.25, 0.3) is 11.8 Å². The van der Waals surface area contributed by atoms with Crippen LogP contribution in [0.15, 0.2) is 63.8 Å². The smallest absolute Gasteiger partial charge is 0.334 e. The van der Waals surface area contributed by atoms with E-state index in [-0.39, 0.29) is 48.5 Å². The minimum atomic E-state index is -0.748. The van der Waals surface area contributed by atoms with E-state index < -0.39 is 29.6 Å². The van der Waals surface area contributed by atoms with Crippen molar-refractivity contribution in [2.24, 2.45) is 0 Å². The fourth-order valence-electron chi connectivity index (χ4n) is 4.73. The van der Waals surface area contributed by atoms with Crippen molar-refractivity contribution in [3.63, 3.8) is 0 Å². The van der Waals surface area contributed by atoms with Crippen LogP contribution >= 0.6 is 11.8 Å². The molecule has 1 fully saturated rings. The first kappa shape index (κ1) is 30.3. The molecule has 5 rings (SSSR count). The lowest BCUT2D eigenvalue weighted by atomic mass is 9.91. The minimum absolute atomic E-state index is 0.00712. The SMILES string of the molecule is Cc1cc(NC(=O)CNC(=O)CSCCC(=O)ON2C(=O)CCC2=O)ccc1-c1c2ccc(=O)cc-2oc2cc(O)ccc12. The zero-order valence-corrected chi connectivity index (χ0v) is 24.3. The molecule has 2 aliphatic heterocycles. The van der Waals surface area contributed by atoms with Gasteiger partial charge in [-0.1, -0.05) is 6.07 Å². The molecule has 2 heterocycles. The standard InChI is InChI=1S/C31H27N3O9S/c1-17-12-18(33-26(37)15-32-27(38)16-44-11-10-30(41)43-34-28(39)8-9-29(34)40)2-5-21(17)31-22-6-3-19(35)13-24(22)42-25-14-20(36)4-7-23(25)31/h2-7,12-14,35H,8-11,15-16H2,1H3,(H,32,38)(H,33,37). The van der Waals surface area contributed by atoms with Crippen molar-refractivity contribution < 1.29 is 38.3 Å². The quantitative estimate of drug-likeness (QED) is 0.136. The second kappa shape index (κ2) is 13.0. The van der Waals surface area contributed by atoms with E-state index in [4.69, 9.17) is 9.25 Å². The maximum Gasteiger partial charge on any atom is 0.334 e. The number of hydrogen-bond donors (Lipinski definition) is 3. The van der Waals surface area contributed by atoms with Crippen molar-refractivity contribution in [1.29, 1.82) is 0 Å². The highest BCUT2D eigenvalue weighted by Crippen LogP contribution is 2.42. The van der Waals surface area contributed by atoms with Gasteiger partial charge < -0.3 is 25.0 Å². The van der Waals surface area contributed by atoms with E-state index in [1.165, 1.54) is 18.2 Å². The molecule has 1 saturated heterocycles. The first-order valence-electron chi connectivity index (χ1n) is 13.6. The summed E-state index contributed by atoms with van der Waals surface area (Å²) < 4.78 is 5.91. The van der Waals surface area contributed by atoms with Crippen LogP contribution in [0.5, 0.6) is 5.75 Å². The molecule has 0 aromatic heterocycles. The van der Waals surface area contributed by atoms with Crippen molar-refractivity contribution in [3.05, 3.63) is 70.4 Å². The average molecular weight is 618 g/mol. The molecule has 2 aromatic rings. The molecule has 226 valence electrons. The number of imide groups is 1. The normalized spacial score (nSPS) is 13.0. The van der Waals surface area contributed by atoms with E-state index in [0.29, 0.717) is 22.1 Å². The van der Waals surface area contributed by atoms with Crippen LogP contribution in [0.25, 0.3) is 33.4 Å². The van der Waals surface area contributed by atoms with E-state index in [1.54, 1.807) is 30.3 Å². The maximum absolute atomic E-state index is 12.5. The van der Waals surface area contributed by atoms with Crippen molar-refractivity contribution >= 4 is 58.0 Å². The molecule has 1 aliphatic carbocycles. The van der Waals surface area contributed by atoms with Crippen LogP contribution in [-0.2, 0) is 28.8 Å². The highest BCUT2D eigenvalue weighted by molar-refractivity contribution is 7.99. The predicted molar refractivity (Wildman–Crippen MR) is 162 cm³/mol. The zero-order valence-electron chi connectivity index (χ0n) is 23.5.